The first-order valence-corrected chi connectivity index (χ1v) is 11.1. The summed E-state index contributed by atoms with van der Waals surface area (Å²) < 4.78 is 2.39. The van der Waals surface area contributed by atoms with Crippen LogP contribution >= 0.6 is 12.2 Å². The highest BCUT2D eigenvalue weighted by atomic mass is 32.1. The Kier molecular flexibility index (Phi) is 5.65. The van der Waals surface area contributed by atoms with Gasteiger partial charge in [0.05, 0.1) is 17.8 Å². The molecule has 2 atom stereocenters. The molecule has 0 saturated carbocycles. The Bertz CT molecular complexity index is 1050. The molecule has 1 saturated heterocycles. The first-order valence-electron chi connectivity index (χ1n) is 10.7. The van der Waals surface area contributed by atoms with E-state index in [4.69, 9.17) is 12.2 Å². The lowest BCUT2D eigenvalue weighted by Gasteiger charge is -2.31. The second-order valence-corrected chi connectivity index (χ2v) is 8.66. The molecule has 0 unspecified atom stereocenters. The van der Waals surface area contributed by atoms with Crippen LogP contribution in [0.2, 0.25) is 0 Å². The van der Waals surface area contributed by atoms with Crippen molar-refractivity contribution in [3.63, 3.8) is 0 Å². The molecule has 4 nitrogen and oxygen atoms in total. The molecule has 0 spiro atoms. The van der Waals surface area contributed by atoms with Crippen LogP contribution in [0.4, 0.5) is 0 Å². The molecule has 1 aliphatic heterocycles. The summed E-state index contributed by atoms with van der Waals surface area (Å²) in [7, 11) is 0. The normalized spacial score (nSPS) is 18.9. The number of thiocarbonyl (C=S) groups is 1. The number of benzene rings is 1. The summed E-state index contributed by atoms with van der Waals surface area (Å²) in [4.78, 5) is 6.98. The minimum absolute atomic E-state index is 0.0245. The van der Waals surface area contributed by atoms with Crippen LogP contribution in [-0.2, 0) is 6.42 Å². The van der Waals surface area contributed by atoms with Gasteiger partial charge in [0.25, 0.3) is 0 Å². The number of nitrogens with one attached hydrogen (secondary N) is 1. The van der Waals surface area contributed by atoms with Gasteiger partial charge in [-0.05, 0) is 81.7 Å². The summed E-state index contributed by atoms with van der Waals surface area (Å²) >= 11 is 5.77. The second-order valence-electron chi connectivity index (χ2n) is 8.27. The molecule has 1 fully saturated rings. The molecular formula is C25H30N4S. The lowest BCUT2D eigenvalue weighted by Crippen LogP contribution is -2.35. The fourth-order valence-corrected chi connectivity index (χ4v) is 5.19. The first-order chi connectivity index (χ1) is 14.4. The number of aromatic nitrogens is 2. The Morgan fingerprint density at radius 2 is 1.83 bits per heavy atom. The Hall–Kier alpha value is -2.66. The molecule has 0 radical (unpaired) electrons. The SMILES string of the molecule is CCc1ccccc1-n1c(C)cc([C@H]2[C@@H](c3ccccn3)NC(=S)N2C(C)C)c1C. The zero-order valence-electron chi connectivity index (χ0n) is 18.4. The maximum atomic E-state index is 5.77. The van der Waals surface area contributed by atoms with Gasteiger partial charge in [-0.1, -0.05) is 31.2 Å². The van der Waals surface area contributed by atoms with Gasteiger partial charge in [-0.2, -0.15) is 0 Å². The van der Waals surface area contributed by atoms with Gasteiger partial charge in [-0.25, -0.2) is 0 Å². The highest BCUT2D eigenvalue weighted by molar-refractivity contribution is 7.80. The number of para-hydroxylation sites is 1. The van der Waals surface area contributed by atoms with E-state index in [0.717, 1.165) is 17.2 Å². The fraction of sp³-hybridized carbons (Fsp3) is 0.360. The average molecular weight is 419 g/mol. The number of pyridine rings is 1. The largest absolute Gasteiger partial charge is 0.352 e. The van der Waals surface area contributed by atoms with Crippen molar-refractivity contribution < 1.29 is 0 Å². The number of nitrogens with zero attached hydrogens (tertiary/aromatic N) is 3. The molecule has 1 aromatic carbocycles. The van der Waals surface area contributed by atoms with Crippen LogP contribution in [0.3, 0.4) is 0 Å². The molecule has 3 heterocycles. The Balaban J connectivity index is 1.87. The fourth-order valence-electron chi connectivity index (χ4n) is 4.74. The monoisotopic (exact) mass is 418 g/mol. The molecule has 1 N–H and O–H groups in total. The van der Waals surface area contributed by atoms with Crippen molar-refractivity contribution in [2.75, 3.05) is 0 Å². The number of rotatable bonds is 5. The van der Waals surface area contributed by atoms with Gasteiger partial charge in [0.2, 0.25) is 0 Å². The highest BCUT2D eigenvalue weighted by Gasteiger charge is 2.42. The van der Waals surface area contributed by atoms with E-state index in [0.29, 0.717) is 0 Å². The van der Waals surface area contributed by atoms with E-state index in [1.807, 2.05) is 18.3 Å². The number of hydrogen-bond acceptors (Lipinski definition) is 2. The van der Waals surface area contributed by atoms with Crippen LogP contribution in [0, 0.1) is 13.8 Å². The number of aryl methyl sites for hydroxylation is 2. The topological polar surface area (TPSA) is 33.1 Å². The van der Waals surface area contributed by atoms with E-state index < -0.39 is 0 Å². The van der Waals surface area contributed by atoms with Gasteiger partial charge in [0, 0.05) is 29.3 Å². The molecule has 0 aliphatic carbocycles. The van der Waals surface area contributed by atoms with Crippen molar-refractivity contribution in [3.8, 4) is 5.69 Å². The van der Waals surface area contributed by atoms with Crippen molar-refractivity contribution >= 4 is 17.3 Å². The van der Waals surface area contributed by atoms with E-state index in [1.54, 1.807) is 0 Å². The molecule has 2 aromatic heterocycles. The lowest BCUT2D eigenvalue weighted by molar-refractivity contribution is 0.269. The summed E-state index contributed by atoms with van der Waals surface area (Å²) in [5.41, 5.74) is 7.44. The average Bonchev–Trinajstić information content (AvgIpc) is 3.24. The zero-order valence-corrected chi connectivity index (χ0v) is 19.2. The quantitative estimate of drug-likeness (QED) is 0.560. The maximum Gasteiger partial charge on any atom is 0.170 e. The highest BCUT2D eigenvalue weighted by Crippen LogP contribution is 2.42. The molecule has 3 aromatic rings. The van der Waals surface area contributed by atoms with Crippen LogP contribution in [0.5, 0.6) is 0 Å². The van der Waals surface area contributed by atoms with Crippen LogP contribution < -0.4 is 5.32 Å². The standard InChI is InChI=1S/C25H30N4S/c1-6-19-11-7-8-13-22(19)29-17(4)15-20(18(29)5)24-23(21-12-9-10-14-26-21)27-25(30)28(24)16(2)3/h7-16,23-24H,6H2,1-5H3,(H,27,30)/t23-,24+/m1/s1. The summed E-state index contributed by atoms with van der Waals surface area (Å²) in [6, 6.07) is 17.5. The van der Waals surface area contributed by atoms with E-state index in [-0.39, 0.29) is 18.1 Å². The van der Waals surface area contributed by atoms with Crippen LogP contribution in [0.15, 0.2) is 54.7 Å². The summed E-state index contributed by atoms with van der Waals surface area (Å²) in [6.07, 6.45) is 2.86. The van der Waals surface area contributed by atoms with Gasteiger partial charge in [0.1, 0.15) is 0 Å². The summed E-state index contributed by atoms with van der Waals surface area (Å²) in [5, 5.41) is 4.35. The van der Waals surface area contributed by atoms with Crippen LogP contribution in [0.25, 0.3) is 5.69 Å². The molecule has 30 heavy (non-hydrogen) atoms. The Labute approximate surface area is 184 Å². The predicted molar refractivity (Wildman–Crippen MR) is 127 cm³/mol. The molecule has 4 rings (SSSR count). The summed E-state index contributed by atoms with van der Waals surface area (Å²) in [6.45, 7) is 11.0. The van der Waals surface area contributed by atoms with Crippen molar-refractivity contribution in [3.05, 3.63) is 82.9 Å². The van der Waals surface area contributed by atoms with Crippen molar-refractivity contribution in [2.24, 2.45) is 0 Å². The van der Waals surface area contributed by atoms with Gasteiger partial charge in [-0.15, -0.1) is 0 Å². The number of hydrogen-bond donors (Lipinski definition) is 1. The second kappa shape index (κ2) is 8.23. The van der Waals surface area contributed by atoms with Crippen molar-refractivity contribution in [1.29, 1.82) is 0 Å². The third kappa shape index (κ3) is 3.41. The predicted octanol–water partition coefficient (Wildman–Crippen LogP) is 5.43. The Morgan fingerprint density at radius 1 is 1.10 bits per heavy atom. The molecular weight excluding hydrogens is 388 g/mol. The van der Waals surface area contributed by atoms with Gasteiger partial charge >= 0.3 is 0 Å². The summed E-state index contributed by atoms with van der Waals surface area (Å²) in [5.74, 6) is 0. The molecule has 0 amide bonds. The molecule has 0 bridgehead atoms. The third-order valence-electron chi connectivity index (χ3n) is 6.09. The van der Waals surface area contributed by atoms with Gasteiger partial charge in [-0.3, -0.25) is 4.98 Å². The molecule has 1 aliphatic rings. The zero-order chi connectivity index (χ0) is 21.4. The first kappa shape index (κ1) is 20.6. The molecule has 156 valence electrons. The van der Waals surface area contributed by atoms with Crippen LogP contribution in [0.1, 0.15) is 61.1 Å². The van der Waals surface area contributed by atoms with E-state index in [9.17, 15) is 0 Å². The van der Waals surface area contributed by atoms with E-state index in [2.05, 4.69) is 90.8 Å². The van der Waals surface area contributed by atoms with Gasteiger partial charge < -0.3 is 14.8 Å². The molecule has 5 heteroatoms. The third-order valence-corrected chi connectivity index (χ3v) is 6.42. The maximum absolute atomic E-state index is 5.77. The van der Waals surface area contributed by atoms with Crippen molar-refractivity contribution in [1.82, 2.24) is 19.8 Å². The van der Waals surface area contributed by atoms with Crippen molar-refractivity contribution in [2.45, 2.75) is 59.2 Å². The minimum atomic E-state index is 0.0245. The van der Waals surface area contributed by atoms with E-state index >= 15 is 0 Å². The van der Waals surface area contributed by atoms with E-state index in [1.165, 1.54) is 28.2 Å². The minimum Gasteiger partial charge on any atom is -0.352 e. The smallest absolute Gasteiger partial charge is 0.170 e. The van der Waals surface area contributed by atoms with Gasteiger partial charge in [0.15, 0.2) is 5.11 Å². The van der Waals surface area contributed by atoms with Crippen LogP contribution in [-0.4, -0.2) is 25.6 Å². The lowest BCUT2D eigenvalue weighted by atomic mass is 9.96. The Morgan fingerprint density at radius 3 is 2.50 bits per heavy atom.